The molecule has 0 saturated heterocycles. The van der Waals surface area contributed by atoms with E-state index in [1.807, 2.05) is 42.5 Å². The van der Waals surface area contributed by atoms with Gasteiger partial charge in [-0.1, -0.05) is 37.3 Å². The maximum atomic E-state index is 10.7. The van der Waals surface area contributed by atoms with Crippen LogP contribution in [-0.2, 0) is 10.2 Å². The van der Waals surface area contributed by atoms with Gasteiger partial charge in [0.05, 0.1) is 13.2 Å². The number of carboxylic acids is 1. The Morgan fingerprint density at radius 1 is 1.03 bits per heavy atom. The van der Waals surface area contributed by atoms with Gasteiger partial charge in [-0.15, -0.1) is 0 Å². The summed E-state index contributed by atoms with van der Waals surface area (Å²) in [5, 5.41) is 28.4. The molecule has 0 radical (unpaired) electrons. The van der Waals surface area contributed by atoms with Crippen molar-refractivity contribution in [2.24, 2.45) is 0 Å². The monoisotopic (exact) mass is 434 g/mol. The van der Waals surface area contributed by atoms with Crippen molar-refractivity contribution in [3.63, 3.8) is 0 Å². The van der Waals surface area contributed by atoms with Gasteiger partial charge in [-0.2, -0.15) is 0 Å². The zero-order valence-corrected chi connectivity index (χ0v) is 17.8. The molecular formula is C26H26O6. The molecule has 0 aliphatic carbocycles. The van der Waals surface area contributed by atoms with E-state index in [1.54, 1.807) is 24.3 Å². The fraction of sp³-hybridized carbons (Fsp3) is 0.269. The number of fused-ring (bicyclic) bond motifs is 1. The SMILES string of the molecule is CC1(c2ccc(O)cc2)COc2cc(O)ccc2C1c1ccc(OCCCC(=O)O)cc1. The second kappa shape index (κ2) is 8.83. The minimum Gasteiger partial charge on any atom is -0.508 e. The molecule has 3 N–H and O–H groups in total. The molecule has 0 fully saturated rings. The molecule has 2 unspecified atom stereocenters. The smallest absolute Gasteiger partial charge is 0.303 e. The van der Waals surface area contributed by atoms with Crippen LogP contribution in [0.25, 0.3) is 0 Å². The Morgan fingerprint density at radius 3 is 2.41 bits per heavy atom. The van der Waals surface area contributed by atoms with Crippen LogP contribution in [0.2, 0.25) is 0 Å². The third-order valence-corrected chi connectivity index (χ3v) is 6.02. The van der Waals surface area contributed by atoms with Crippen LogP contribution in [0.4, 0.5) is 0 Å². The summed E-state index contributed by atoms with van der Waals surface area (Å²) in [6.07, 6.45) is 0.529. The molecule has 0 spiro atoms. The Kier molecular flexibility index (Phi) is 5.95. The summed E-state index contributed by atoms with van der Waals surface area (Å²) in [5.74, 6) is 0.809. The summed E-state index contributed by atoms with van der Waals surface area (Å²) in [7, 11) is 0. The van der Waals surface area contributed by atoms with Crippen LogP contribution < -0.4 is 9.47 Å². The van der Waals surface area contributed by atoms with Gasteiger partial charge in [-0.3, -0.25) is 4.79 Å². The molecule has 0 aromatic heterocycles. The fourth-order valence-electron chi connectivity index (χ4n) is 4.35. The van der Waals surface area contributed by atoms with Gasteiger partial charge >= 0.3 is 5.97 Å². The first kappa shape index (κ1) is 21.6. The van der Waals surface area contributed by atoms with E-state index in [4.69, 9.17) is 14.6 Å². The highest BCUT2D eigenvalue weighted by Crippen LogP contribution is 2.50. The van der Waals surface area contributed by atoms with Crippen LogP contribution >= 0.6 is 0 Å². The first-order valence-corrected chi connectivity index (χ1v) is 10.6. The lowest BCUT2D eigenvalue weighted by molar-refractivity contribution is -0.137. The molecule has 166 valence electrons. The van der Waals surface area contributed by atoms with Crippen molar-refractivity contribution in [2.45, 2.75) is 31.1 Å². The van der Waals surface area contributed by atoms with Gasteiger partial charge in [0.15, 0.2) is 0 Å². The first-order valence-electron chi connectivity index (χ1n) is 10.6. The van der Waals surface area contributed by atoms with Crippen LogP contribution in [0.3, 0.4) is 0 Å². The maximum Gasteiger partial charge on any atom is 0.303 e. The van der Waals surface area contributed by atoms with Gasteiger partial charge in [0.2, 0.25) is 0 Å². The summed E-state index contributed by atoms with van der Waals surface area (Å²) >= 11 is 0. The lowest BCUT2D eigenvalue weighted by Crippen LogP contribution is -2.40. The van der Waals surface area contributed by atoms with Crippen molar-refractivity contribution in [3.8, 4) is 23.0 Å². The number of carbonyl (C=O) groups is 1. The minimum absolute atomic E-state index is 0.0579. The van der Waals surface area contributed by atoms with Crippen molar-refractivity contribution in [1.82, 2.24) is 0 Å². The molecule has 0 amide bonds. The Hall–Kier alpha value is -3.67. The Balaban J connectivity index is 1.67. The first-order chi connectivity index (χ1) is 15.4. The van der Waals surface area contributed by atoms with Crippen LogP contribution in [0.1, 0.15) is 42.4 Å². The molecule has 2 atom stereocenters. The molecule has 3 aromatic rings. The van der Waals surface area contributed by atoms with E-state index in [1.165, 1.54) is 0 Å². The zero-order chi connectivity index (χ0) is 22.7. The molecule has 6 heteroatoms. The molecular weight excluding hydrogens is 408 g/mol. The largest absolute Gasteiger partial charge is 0.508 e. The van der Waals surface area contributed by atoms with Crippen molar-refractivity contribution >= 4 is 5.97 Å². The lowest BCUT2D eigenvalue weighted by atomic mass is 9.65. The molecule has 4 rings (SSSR count). The average Bonchev–Trinajstić information content (AvgIpc) is 2.78. The number of ether oxygens (including phenoxy) is 2. The average molecular weight is 434 g/mol. The standard InChI is InChI=1S/C26H26O6/c1-26(18-6-8-19(27)9-7-18)16-32-23-15-20(28)10-13-22(23)25(26)17-4-11-21(12-5-17)31-14-2-3-24(29)30/h4-13,15,25,27-28H,2-3,14,16H2,1H3,(H,29,30). The molecule has 0 bridgehead atoms. The molecule has 0 saturated carbocycles. The van der Waals surface area contributed by atoms with Gasteiger partial charge in [0, 0.05) is 29.4 Å². The van der Waals surface area contributed by atoms with Crippen molar-refractivity contribution in [1.29, 1.82) is 0 Å². The molecule has 1 aliphatic heterocycles. The Bertz CT molecular complexity index is 1090. The zero-order valence-electron chi connectivity index (χ0n) is 17.8. The van der Waals surface area contributed by atoms with Gasteiger partial charge in [-0.25, -0.2) is 0 Å². The molecule has 1 aliphatic rings. The third-order valence-electron chi connectivity index (χ3n) is 6.02. The normalized spacial score (nSPS) is 19.6. The Morgan fingerprint density at radius 2 is 1.72 bits per heavy atom. The van der Waals surface area contributed by atoms with Gasteiger partial charge in [0.25, 0.3) is 0 Å². The van der Waals surface area contributed by atoms with E-state index in [0.29, 0.717) is 31.1 Å². The van der Waals surface area contributed by atoms with Crippen molar-refractivity contribution < 1.29 is 29.6 Å². The number of aliphatic carboxylic acids is 1. The number of hydrogen-bond donors (Lipinski definition) is 3. The topological polar surface area (TPSA) is 96.2 Å². The maximum absolute atomic E-state index is 10.7. The summed E-state index contributed by atoms with van der Waals surface area (Å²) < 4.78 is 11.8. The lowest BCUT2D eigenvalue weighted by Gasteiger charge is -2.43. The van der Waals surface area contributed by atoms with E-state index in [9.17, 15) is 15.0 Å². The number of aromatic hydroxyl groups is 2. The van der Waals surface area contributed by atoms with Crippen molar-refractivity contribution in [3.05, 3.63) is 83.4 Å². The highest BCUT2D eigenvalue weighted by atomic mass is 16.5. The molecule has 3 aromatic carbocycles. The molecule has 6 nitrogen and oxygen atoms in total. The van der Waals surface area contributed by atoms with Gasteiger partial charge in [-0.05, 0) is 47.9 Å². The van der Waals surface area contributed by atoms with Crippen LogP contribution in [0.15, 0.2) is 66.7 Å². The van der Waals surface area contributed by atoms with Crippen LogP contribution in [0, 0.1) is 0 Å². The second-order valence-corrected chi connectivity index (χ2v) is 8.32. The Labute approximate surface area is 186 Å². The van der Waals surface area contributed by atoms with E-state index < -0.39 is 11.4 Å². The van der Waals surface area contributed by atoms with Gasteiger partial charge < -0.3 is 24.8 Å². The highest BCUT2D eigenvalue weighted by Gasteiger charge is 2.43. The summed E-state index contributed by atoms with van der Waals surface area (Å²) in [4.78, 5) is 10.7. The van der Waals surface area contributed by atoms with E-state index in [-0.39, 0.29) is 23.8 Å². The number of carboxylic acid groups (broad SMARTS) is 1. The number of phenols is 2. The third kappa shape index (κ3) is 4.35. The van der Waals surface area contributed by atoms with Crippen molar-refractivity contribution in [2.75, 3.05) is 13.2 Å². The molecule has 1 heterocycles. The highest BCUT2D eigenvalue weighted by molar-refractivity contribution is 5.66. The number of hydrogen-bond acceptors (Lipinski definition) is 5. The quantitative estimate of drug-likeness (QED) is 0.461. The minimum atomic E-state index is -0.832. The van der Waals surface area contributed by atoms with Crippen LogP contribution in [0.5, 0.6) is 23.0 Å². The molecule has 32 heavy (non-hydrogen) atoms. The number of rotatable bonds is 7. The predicted octanol–water partition coefficient (Wildman–Crippen LogP) is 4.82. The van der Waals surface area contributed by atoms with E-state index in [2.05, 4.69) is 6.92 Å². The van der Waals surface area contributed by atoms with Gasteiger partial charge in [0.1, 0.15) is 23.0 Å². The summed E-state index contributed by atoms with van der Waals surface area (Å²) in [6.45, 7) is 2.89. The number of benzene rings is 3. The summed E-state index contributed by atoms with van der Waals surface area (Å²) in [6, 6.07) is 20.2. The van der Waals surface area contributed by atoms with Crippen LogP contribution in [-0.4, -0.2) is 34.5 Å². The second-order valence-electron chi connectivity index (χ2n) is 8.32. The predicted molar refractivity (Wildman–Crippen MR) is 120 cm³/mol. The number of phenolic OH excluding ortho intramolecular Hbond substituents is 2. The fourth-order valence-corrected chi connectivity index (χ4v) is 4.35. The van der Waals surface area contributed by atoms with E-state index >= 15 is 0 Å². The van der Waals surface area contributed by atoms with E-state index in [0.717, 1.165) is 16.7 Å². The summed E-state index contributed by atoms with van der Waals surface area (Å²) in [5.41, 5.74) is 2.66.